The molecule has 1 aliphatic heterocycles. The molecule has 0 aromatic carbocycles. The molecule has 23 heavy (non-hydrogen) atoms. The van der Waals surface area contributed by atoms with Crippen molar-refractivity contribution < 1.29 is 4.79 Å². The normalized spacial score (nSPS) is 28.0. The Hall–Kier alpha value is -0.610. The SMILES string of the molecule is CC(C)(C)CC1CC(NCC2CCCCC2)CN(CC(N)=O)C1. The number of nitrogens with zero attached hydrogens (tertiary/aromatic N) is 1. The van der Waals surface area contributed by atoms with Gasteiger partial charge in [-0.05, 0) is 49.5 Å². The van der Waals surface area contributed by atoms with Gasteiger partial charge in [0.15, 0.2) is 0 Å². The smallest absolute Gasteiger partial charge is 0.231 e. The van der Waals surface area contributed by atoms with Gasteiger partial charge in [-0.25, -0.2) is 0 Å². The summed E-state index contributed by atoms with van der Waals surface area (Å²) in [5.74, 6) is 1.32. The summed E-state index contributed by atoms with van der Waals surface area (Å²) in [6, 6.07) is 0.511. The zero-order valence-electron chi connectivity index (χ0n) is 15.4. The summed E-state index contributed by atoms with van der Waals surface area (Å²) in [4.78, 5) is 13.6. The molecule has 4 heteroatoms. The van der Waals surface area contributed by atoms with Gasteiger partial charge in [0.1, 0.15) is 0 Å². The first-order valence-corrected chi connectivity index (χ1v) is 9.56. The number of carbonyl (C=O) groups excluding carboxylic acids is 1. The first-order chi connectivity index (χ1) is 10.8. The zero-order valence-corrected chi connectivity index (χ0v) is 15.4. The fourth-order valence-electron chi connectivity index (χ4n) is 4.54. The van der Waals surface area contributed by atoms with Crippen LogP contribution >= 0.6 is 0 Å². The van der Waals surface area contributed by atoms with E-state index >= 15 is 0 Å². The standard InChI is InChI=1S/C19H37N3O/c1-19(2,3)10-16-9-17(13-22(12-16)14-18(20)23)21-11-15-7-5-4-6-8-15/h15-17,21H,4-14H2,1-3H3,(H2,20,23). The van der Waals surface area contributed by atoms with E-state index in [9.17, 15) is 4.79 Å². The van der Waals surface area contributed by atoms with Crippen LogP contribution in [-0.4, -0.2) is 43.0 Å². The molecule has 3 N–H and O–H groups in total. The van der Waals surface area contributed by atoms with Crippen molar-refractivity contribution in [3.63, 3.8) is 0 Å². The van der Waals surface area contributed by atoms with Crippen molar-refractivity contribution in [3.8, 4) is 0 Å². The average Bonchev–Trinajstić information content (AvgIpc) is 2.43. The Bertz CT molecular complexity index is 371. The van der Waals surface area contributed by atoms with Crippen LogP contribution in [0.4, 0.5) is 0 Å². The molecule has 4 nitrogen and oxygen atoms in total. The molecule has 1 saturated carbocycles. The number of nitrogens with one attached hydrogen (secondary N) is 1. The van der Waals surface area contributed by atoms with Crippen molar-refractivity contribution in [1.82, 2.24) is 10.2 Å². The molecule has 2 fully saturated rings. The van der Waals surface area contributed by atoms with Gasteiger partial charge in [-0.2, -0.15) is 0 Å². The predicted molar refractivity (Wildman–Crippen MR) is 96.2 cm³/mol. The average molecular weight is 324 g/mol. The summed E-state index contributed by atoms with van der Waals surface area (Å²) < 4.78 is 0. The largest absolute Gasteiger partial charge is 0.369 e. The van der Waals surface area contributed by atoms with Crippen LogP contribution in [0.15, 0.2) is 0 Å². The summed E-state index contributed by atoms with van der Waals surface area (Å²) in [7, 11) is 0. The van der Waals surface area contributed by atoms with Crippen molar-refractivity contribution in [2.75, 3.05) is 26.2 Å². The van der Waals surface area contributed by atoms with Crippen LogP contribution in [0.25, 0.3) is 0 Å². The van der Waals surface area contributed by atoms with E-state index in [4.69, 9.17) is 5.73 Å². The lowest BCUT2D eigenvalue weighted by Crippen LogP contribution is -2.52. The molecule has 1 saturated heterocycles. The van der Waals surface area contributed by atoms with E-state index in [-0.39, 0.29) is 5.91 Å². The van der Waals surface area contributed by atoms with E-state index < -0.39 is 0 Å². The van der Waals surface area contributed by atoms with Gasteiger partial charge in [0.05, 0.1) is 6.54 Å². The fraction of sp³-hybridized carbons (Fsp3) is 0.947. The molecule has 0 aromatic heterocycles. The minimum Gasteiger partial charge on any atom is -0.369 e. The van der Waals surface area contributed by atoms with Crippen molar-refractivity contribution in [3.05, 3.63) is 0 Å². The molecule has 2 unspecified atom stereocenters. The van der Waals surface area contributed by atoms with Crippen molar-refractivity contribution in [1.29, 1.82) is 0 Å². The Labute approximate surface area is 142 Å². The predicted octanol–water partition coefficient (Wildman–Crippen LogP) is 2.77. The van der Waals surface area contributed by atoms with E-state index in [0.29, 0.717) is 23.9 Å². The molecule has 1 heterocycles. The summed E-state index contributed by atoms with van der Waals surface area (Å²) >= 11 is 0. The first-order valence-electron chi connectivity index (χ1n) is 9.56. The van der Waals surface area contributed by atoms with E-state index in [0.717, 1.165) is 25.6 Å². The fourth-order valence-corrected chi connectivity index (χ4v) is 4.54. The van der Waals surface area contributed by atoms with Gasteiger partial charge in [-0.15, -0.1) is 0 Å². The Morgan fingerprint density at radius 3 is 2.43 bits per heavy atom. The Kier molecular flexibility index (Phi) is 6.90. The highest BCUT2D eigenvalue weighted by molar-refractivity contribution is 5.75. The van der Waals surface area contributed by atoms with Gasteiger partial charge in [0.25, 0.3) is 0 Å². The molecule has 0 bridgehead atoms. The Morgan fingerprint density at radius 2 is 1.83 bits per heavy atom. The van der Waals surface area contributed by atoms with Crippen LogP contribution in [0, 0.1) is 17.3 Å². The molecule has 0 aromatic rings. The second-order valence-corrected chi connectivity index (χ2v) is 9.14. The van der Waals surface area contributed by atoms with Crippen LogP contribution in [-0.2, 0) is 4.79 Å². The lowest BCUT2D eigenvalue weighted by molar-refractivity contribution is -0.119. The van der Waals surface area contributed by atoms with Gasteiger partial charge in [0.2, 0.25) is 5.91 Å². The van der Waals surface area contributed by atoms with Crippen molar-refractivity contribution in [2.45, 2.75) is 71.8 Å². The number of rotatable bonds is 6. The van der Waals surface area contributed by atoms with E-state index in [1.165, 1.54) is 44.9 Å². The minimum absolute atomic E-state index is 0.201. The summed E-state index contributed by atoms with van der Waals surface area (Å²) in [6.45, 7) is 10.5. The Balaban J connectivity index is 1.86. The van der Waals surface area contributed by atoms with Gasteiger partial charge in [-0.3, -0.25) is 9.69 Å². The lowest BCUT2D eigenvalue weighted by atomic mass is 9.80. The lowest BCUT2D eigenvalue weighted by Gasteiger charge is -2.40. The van der Waals surface area contributed by atoms with Gasteiger partial charge >= 0.3 is 0 Å². The molecule has 134 valence electrons. The topological polar surface area (TPSA) is 58.4 Å². The maximum absolute atomic E-state index is 11.3. The van der Waals surface area contributed by atoms with Crippen LogP contribution in [0.5, 0.6) is 0 Å². The number of primary amides is 1. The van der Waals surface area contributed by atoms with E-state index in [1.54, 1.807) is 0 Å². The van der Waals surface area contributed by atoms with Gasteiger partial charge in [0, 0.05) is 19.1 Å². The molecule has 2 atom stereocenters. The molecule has 0 spiro atoms. The molecular weight excluding hydrogens is 286 g/mol. The third-order valence-corrected chi connectivity index (χ3v) is 5.31. The highest BCUT2D eigenvalue weighted by Crippen LogP contribution is 2.30. The quantitative estimate of drug-likeness (QED) is 0.790. The number of hydrogen-bond donors (Lipinski definition) is 2. The zero-order chi connectivity index (χ0) is 16.9. The Morgan fingerprint density at radius 1 is 1.13 bits per heavy atom. The number of carbonyl (C=O) groups is 1. The summed E-state index contributed by atoms with van der Waals surface area (Å²) in [5, 5.41) is 3.82. The van der Waals surface area contributed by atoms with Crippen LogP contribution in [0.3, 0.4) is 0 Å². The number of amides is 1. The summed E-state index contributed by atoms with van der Waals surface area (Å²) in [6.07, 6.45) is 9.43. The highest BCUT2D eigenvalue weighted by Gasteiger charge is 2.30. The molecule has 2 rings (SSSR count). The van der Waals surface area contributed by atoms with E-state index in [2.05, 4.69) is 31.0 Å². The number of nitrogens with two attached hydrogens (primary N) is 1. The number of hydrogen-bond acceptors (Lipinski definition) is 3. The summed E-state index contributed by atoms with van der Waals surface area (Å²) in [5.41, 5.74) is 5.77. The second kappa shape index (κ2) is 8.48. The van der Waals surface area contributed by atoms with Crippen LogP contribution in [0.1, 0.15) is 65.7 Å². The third kappa shape index (κ3) is 7.21. The maximum Gasteiger partial charge on any atom is 0.231 e. The molecular formula is C19H37N3O. The monoisotopic (exact) mass is 323 g/mol. The number of likely N-dealkylation sites (tertiary alicyclic amines) is 1. The van der Waals surface area contributed by atoms with Gasteiger partial charge < -0.3 is 11.1 Å². The molecule has 1 aliphatic carbocycles. The van der Waals surface area contributed by atoms with Gasteiger partial charge in [-0.1, -0.05) is 40.0 Å². The van der Waals surface area contributed by atoms with Crippen molar-refractivity contribution >= 4 is 5.91 Å². The van der Waals surface area contributed by atoms with Crippen molar-refractivity contribution in [2.24, 2.45) is 23.0 Å². The van der Waals surface area contributed by atoms with E-state index in [1.807, 2.05) is 0 Å². The number of piperidine rings is 1. The maximum atomic E-state index is 11.3. The van der Waals surface area contributed by atoms with Crippen LogP contribution < -0.4 is 11.1 Å². The molecule has 1 amide bonds. The second-order valence-electron chi connectivity index (χ2n) is 9.14. The van der Waals surface area contributed by atoms with Crippen LogP contribution in [0.2, 0.25) is 0 Å². The first kappa shape index (κ1) is 18.7. The molecule has 2 aliphatic rings. The molecule has 0 radical (unpaired) electrons. The minimum atomic E-state index is -0.201. The third-order valence-electron chi connectivity index (χ3n) is 5.31. The highest BCUT2D eigenvalue weighted by atomic mass is 16.1.